The lowest BCUT2D eigenvalue weighted by Crippen LogP contribution is -2.41. The number of rotatable bonds is 6. The van der Waals surface area contributed by atoms with Gasteiger partial charge in [0, 0.05) is 42.7 Å². The van der Waals surface area contributed by atoms with Gasteiger partial charge in [0.25, 0.3) is 0 Å². The minimum atomic E-state index is -0.130. The summed E-state index contributed by atoms with van der Waals surface area (Å²) in [6.07, 6.45) is 5.43. The van der Waals surface area contributed by atoms with Crippen LogP contribution in [0.1, 0.15) is 22.9 Å². The van der Waals surface area contributed by atoms with E-state index in [9.17, 15) is 4.79 Å². The lowest BCUT2D eigenvalue weighted by molar-refractivity contribution is -0.128. The van der Waals surface area contributed by atoms with Gasteiger partial charge >= 0.3 is 0 Å². The fraction of sp³-hybridized carbons (Fsp3) is 0.240. The second-order valence-electron chi connectivity index (χ2n) is 7.25. The summed E-state index contributed by atoms with van der Waals surface area (Å²) in [6, 6.07) is 17.7. The number of carbonyl (C=O) groups excluding carboxylic acids is 1. The molecule has 1 aliphatic rings. The number of carbonyl (C=O) groups is 1. The number of ether oxygens (including phenoxy) is 3. The predicted molar refractivity (Wildman–Crippen MR) is 120 cm³/mol. The van der Waals surface area contributed by atoms with Gasteiger partial charge in [-0.1, -0.05) is 30.3 Å². The fourth-order valence-electron chi connectivity index (χ4n) is 4.05. The molecule has 2 heterocycles. The van der Waals surface area contributed by atoms with Crippen molar-refractivity contribution < 1.29 is 19.0 Å². The summed E-state index contributed by atoms with van der Waals surface area (Å²) in [6.45, 7) is 1.40. The van der Waals surface area contributed by atoms with Crippen molar-refractivity contribution in [1.82, 2.24) is 9.47 Å². The van der Waals surface area contributed by atoms with Crippen LogP contribution in [0.4, 0.5) is 0 Å². The zero-order valence-corrected chi connectivity index (χ0v) is 17.9. The molecule has 1 aromatic heterocycles. The maximum Gasteiger partial charge on any atom is 0.247 e. The highest BCUT2D eigenvalue weighted by Crippen LogP contribution is 2.36. The van der Waals surface area contributed by atoms with Gasteiger partial charge in [-0.3, -0.25) is 4.79 Å². The number of hydrogen-bond donors (Lipinski definition) is 0. The fourth-order valence-corrected chi connectivity index (χ4v) is 4.05. The summed E-state index contributed by atoms with van der Waals surface area (Å²) in [4.78, 5) is 15.2. The molecule has 31 heavy (non-hydrogen) atoms. The molecule has 1 aliphatic heterocycles. The number of nitrogens with zero attached hydrogens (tertiary/aromatic N) is 2. The van der Waals surface area contributed by atoms with Gasteiger partial charge < -0.3 is 23.7 Å². The van der Waals surface area contributed by atoms with Crippen molar-refractivity contribution in [3.8, 4) is 17.2 Å². The Hall–Kier alpha value is -3.67. The molecule has 0 unspecified atom stereocenters. The van der Waals surface area contributed by atoms with E-state index in [2.05, 4.69) is 29.0 Å². The van der Waals surface area contributed by atoms with E-state index >= 15 is 0 Å². The molecule has 0 saturated carbocycles. The van der Waals surface area contributed by atoms with Crippen molar-refractivity contribution in [1.29, 1.82) is 0 Å². The molecule has 3 aromatic rings. The van der Waals surface area contributed by atoms with Crippen LogP contribution in [0.2, 0.25) is 0 Å². The van der Waals surface area contributed by atoms with Crippen LogP contribution in [0.25, 0.3) is 6.08 Å². The Kier molecular flexibility index (Phi) is 5.98. The second kappa shape index (κ2) is 9.00. The summed E-state index contributed by atoms with van der Waals surface area (Å²) in [7, 11) is 4.74. The second-order valence-corrected chi connectivity index (χ2v) is 7.25. The Morgan fingerprint density at radius 3 is 2.32 bits per heavy atom. The van der Waals surface area contributed by atoms with Crippen molar-refractivity contribution in [2.24, 2.45) is 0 Å². The molecule has 0 bridgehead atoms. The van der Waals surface area contributed by atoms with Gasteiger partial charge in [-0.15, -0.1) is 0 Å². The highest BCUT2D eigenvalue weighted by Gasteiger charge is 2.31. The summed E-state index contributed by atoms with van der Waals surface area (Å²) >= 11 is 0. The van der Waals surface area contributed by atoms with E-state index < -0.39 is 0 Å². The van der Waals surface area contributed by atoms with E-state index in [1.165, 1.54) is 0 Å². The predicted octanol–water partition coefficient (Wildman–Crippen LogP) is 4.16. The minimum absolute atomic E-state index is 0.0573. The lowest BCUT2D eigenvalue weighted by Gasteiger charge is -2.36. The molecule has 4 rings (SSSR count). The SMILES string of the molecule is COc1cc(OC)c(OC)cc1/C=C\C(=O)N1CCn2cccc2[C@@H]1c1ccccc1. The Bertz CT molecular complexity index is 1090. The molecule has 1 amide bonds. The Morgan fingerprint density at radius 1 is 0.903 bits per heavy atom. The zero-order valence-electron chi connectivity index (χ0n) is 17.9. The number of amides is 1. The lowest BCUT2D eigenvalue weighted by atomic mass is 9.99. The first-order valence-electron chi connectivity index (χ1n) is 10.1. The van der Waals surface area contributed by atoms with E-state index in [0.29, 0.717) is 23.8 Å². The number of methoxy groups -OCH3 is 3. The molecule has 2 aromatic carbocycles. The summed E-state index contributed by atoms with van der Waals surface area (Å²) < 4.78 is 18.4. The van der Waals surface area contributed by atoms with Crippen molar-refractivity contribution >= 4 is 12.0 Å². The van der Waals surface area contributed by atoms with Crippen LogP contribution < -0.4 is 14.2 Å². The first-order chi connectivity index (χ1) is 15.2. The Balaban J connectivity index is 1.66. The van der Waals surface area contributed by atoms with Crippen LogP contribution in [0, 0.1) is 0 Å². The van der Waals surface area contributed by atoms with Crippen LogP contribution in [0.15, 0.2) is 66.9 Å². The Labute approximate surface area is 182 Å². The van der Waals surface area contributed by atoms with Crippen LogP contribution >= 0.6 is 0 Å². The van der Waals surface area contributed by atoms with Gasteiger partial charge in [0.1, 0.15) is 5.75 Å². The highest BCUT2D eigenvalue weighted by atomic mass is 16.5. The van der Waals surface area contributed by atoms with Crippen LogP contribution in [0.3, 0.4) is 0 Å². The number of fused-ring (bicyclic) bond motifs is 1. The third-order valence-electron chi connectivity index (χ3n) is 5.58. The zero-order chi connectivity index (χ0) is 21.8. The van der Waals surface area contributed by atoms with E-state index in [-0.39, 0.29) is 11.9 Å². The Morgan fingerprint density at radius 2 is 1.61 bits per heavy atom. The van der Waals surface area contributed by atoms with E-state index in [1.807, 2.05) is 29.2 Å². The number of aromatic nitrogens is 1. The quantitative estimate of drug-likeness (QED) is 0.564. The number of hydrogen-bond acceptors (Lipinski definition) is 4. The van der Waals surface area contributed by atoms with Gasteiger partial charge in [-0.05, 0) is 29.8 Å². The van der Waals surface area contributed by atoms with Gasteiger partial charge in [-0.2, -0.15) is 0 Å². The smallest absolute Gasteiger partial charge is 0.247 e. The van der Waals surface area contributed by atoms with E-state index in [0.717, 1.165) is 23.4 Å². The molecule has 160 valence electrons. The number of benzene rings is 2. The summed E-state index contributed by atoms with van der Waals surface area (Å²) in [5, 5.41) is 0. The monoisotopic (exact) mass is 418 g/mol. The molecular formula is C25H26N2O4. The largest absolute Gasteiger partial charge is 0.496 e. The topological polar surface area (TPSA) is 52.9 Å². The van der Waals surface area contributed by atoms with Crippen LogP contribution in [-0.4, -0.2) is 43.2 Å². The maximum atomic E-state index is 13.3. The molecule has 6 nitrogen and oxygen atoms in total. The summed E-state index contributed by atoms with van der Waals surface area (Å²) in [5.74, 6) is 1.70. The molecule has 0 spiro atoms. The molecule has 0 saturated heterocycles. The maximum absolute atomic E-state index is 13.3. The van der Waals surface area contributed by atoms with Gasteiger partial charge in [-0.25, -0.2) is 0 Å². The van der Waals surface area contributed by atoms with E-state index in [1.54, 1.807) is 45.6 Å². The normalized spacial score (nSPS) is 15.6. The average Bonchev–Trinajstić information content (AvgIpc) is 3.30. The third-order valence-corrected chi connectivity index (χ3v) is 5.58. The molecule has 6 heteroatoms. The molecule has 0 N–H and O–H groups in total. The molecule has 0 aliphatic carbocycles. The highest BCUT2D eigenvalue weighted by molar-refractivity contribution is 5.93. The van der Waals surface area contributed by atoms with Crippen molar-refractivity contribution in [3.05, 3.63) is 83.7 Å². The van der Waals surface area contributed by atoms with Crippen LogP contribution in [0.5, 0.6) is 17.2 Å². The first-order valence-corrected chi connectivity index (χ1v) is 10.1. The van der Waals surface area contributed by atoms with Gasteiger partial charge in [0.15, 0.2) is 11.5 Å². The van der Waals surface area contributed by atoms with Crippen molar-refractivity contribution in [3.63, 3.8) is 0 Å². The van der Waals surface area contributed by atoms with E-state index in [4.69, 9.17) is 14.2 Å². The summed E-state index contributed by atoms with van der Waals surface area (Å²) in [5.41, 5.74) is 2.95. The van der Waals surface area contributed by atoms with Crippen molar-refractivity contribution in [2.45, 2.75) is 12.6 Å². The average molecular weight is 418 g/mol. The molecule has 0 radical (unpaired) electrons. The van der Waals surface area contributed by atoms with Gasteiger partial charge in [0.05, 0.1) is 27.4 Å². The standard InChI is InChI=1S/C25H26N2O4/c1-29-21-17-23(31-3)22(30-2)16-19(21)11-12-24(28)27-15-14-26-13-7-10-20(26)25(27)18-8-5-4-6-9-18/h4-13,16-17,25H,14-15H2,1-3H3/b12-11-/t25-/m0/s1. The van der Waals surface area contributed by atoms with Gasteiger partial charge in [0.2, 0.25) is 5.91 Å². The molecular weight excluding hydrogens is 392 g/mol. The first kappa shape index (κ1) is 20.6. The van der Waals surface area contributed by atoms with Crippen LogP contribution in [-0.2, 0) is 11.3 Å². The third kappa shape index (κ3) is 4.01. The minimum Gasteiger partial charge on any atom is -0.496 e. The van der Waals surface area contributed by atoms with Crippen molar-refractivity contribution in [2.75, 3.05) is 27.9 Å². The molecule has 1 atom stereocenters. The molecule has 0 fully saturated rings.